The van der Waals surface area contributed by atoms with Gasteiger partial charge in [-0.3, -0.25) is 19.2 Å². The Morgan fingerprint density at radius 2 is 1.85 bits per heavy atom. The van der Waals surface area contributed by atoms with Crippen LogP contribution in [-0.2, 0) is 20.8 Å². The fourth-order valence-corrected chi connectivity index (χ4v) is 5.93. The maximum atomic E-state index is 13.9. The molecule has 3 heterocycles. The molecule has 12 nitrogen and oxygen atoms in total. The molecule has 1 aliphatic heterocycles. The number of carbonyl (C=O) groups is 3. The van der Waals surface area contributed by atoms with Crippen molar-refractivity contribution in [3.05, 3.63) is 64.3 Å². The molecule has 0 spiro atoms. The number of Topliss-reactive ketones (excluding diaryl/α,β-unsaturated/α-hetero) is 1. The number of anilines is 2. The molecule has 3 N–H and O–H groups in total. The molecule has 2 amide bonds. The number of aryl methyl sites for hydroxylation is 1. The zero-order valence-electron chi connectivity index (χ0n) is 28.3. The number of fused-ring (bicyclic) bond motifs is 2. The molecule has 0 saturated carbocycles. The Morgan fingerprint density at radius 3 is 2.54 bits per heavy atom. The lowest BCUT2D eigenvalue weighted by Crippen LogP contribution is -2.58. The van der Waals surface area contributed by atoms with Gasteiger partial charge in [-0.25, -0.2) is 9.97 Å². The van der Waals surface area contributed by atoms with E-state index in [-0.39, 0.29) is 41.9 Å². The summed E-state index contributed by atoms with van der Waals surface area (Å²) >= 11 is 0. The van der Waals surface area contributed by atoms with Gasteiger partial charge >= 0.3 is 0 Å². The predicted octanol–water partition coefficient (Wildman–Crippen LogP) is 4.46. The highest BCUT2D eigenvalue weighted by atomic mass is 35.5. The number of aromatic nitrogens is 2. The Kier molecular flexibility index (Phi) is 11.1. The number of hydrogen-bond acceptors (Lipinski definition) is 10. The maximum Gasteiger partial charge on any atom is 0.246 e. The summed E-state index contributed by atoms with van der Waals surface area (Å²) in [4.78, 5) is 63.4. The molecule has 0 bridgehead atoms. The van der Waals surface area contributed by atoms with Gasteiger partial charge in [-0.2, -0.15) is 0 Å². The van der Waals surface area contributed by atoms with E-state index < -0.39 is 23.5 Å². The van der Waals surface area contributed by atoms with Gasteiger partial charge in [0.2, 0.25) is 11.8 Å². The average molecular weight is 679 g/mol. The summed E-state index contributed by atoms with van der Waals surface area (Å²) in [6.07, 6.45) is 2.67. The van der Waals surface area contributed by atoms with Crippen LogP contribution in [0.4, 0.5) is 11.5 Å². The van der Waals surface area contributed by atoms with Crippen LogP contribution < -0.4 is 26.1 Å². The Hall–Kier alpha value is -4.55. The third kappa shape index (κ3) is 7.60. The topological polar surface area (TPSA) is 156 Å². The van der Waals surface area contributed by atoms with Crippen LogP contribution in [-0.4, -0.2) is 71.3 Å². The van der Waals surface area contributed by atoms with Crippen LogP contribution in [0.2, 0.25) is 0 Å². The molecule has 1 saturated heterocycles. The van der Waals surface area contributed by atoms with Crippen molar-refractivity contribution in [1.82, 2.24) is 25.5 Å². The molecule has 4 aromatic rings. The zero-order chi connectivity index (χ0) is 34.0. The molecule has 5 rings (SSSR count). The van der Waals surface area contributed by atoms with E-state index in [2.05, 4.69) is 25.9 Å². The number of halogens is 1. The molecule has 48 heavy (non-hydrogen) atoms. The molecule has 3 atom stereocenters. The fourth-order valence-electron chi connectivity index (χ4n) is 5.93. The first-order valence-corrected chi connectivity index (χ1v) is 15.7. The highest BCUT2D eigenvalue weighted by Crippen LogP contribution is 2.32. The number of benzene rings is 2. The Bertz CT molecular complexity index is 1900. The van der Waals surface area contributed by atoms with Gasteiger partial charge in [0.1, 0.15) is 35.3 Å². The van der Waals surface area contributed by atoms with Crippen LogP contribution in [0, 0.1) is 12.3 Å². The van der Waals surface area contributed by atoms with Gasteiger partial charge in [-0.15, -0.1) is 12.4 Å². The second-order valence-electron chi connectivity index (χ2n) is 13.1. The lowest BCUT2D eigenvalue weighted by atomic mass is 9.85. The van der Waals surface area contributed by atoms with E-state index in [0.717, 1.165) is 0 Å². The van der Waals surface area contributed by atoms with E-state index in [0.29, 0.717) is 69.8 Å². The highest BCUT2D eigenvalue weighted by Gasteiger charge is 2.42. The predicted molar refractivity (Wildman–Crippen MR) is 187 cm³/mol. The highest BCUT2D eigenvalue weighted by molar-refractivity contribution is 5.97. The van der Waals surface area contributed by atoms with Gasteiger partial charge in [-0.1, -0.05) is 20.8 Å². The monoisotopic (exact) mass is 678 g/mol. The van der Waals surface area contributed by atoms with Crippen molar-refractivity contribution >= 4 is 63.4 Å². The normalized spacial score (nSPS) is 15.9. The molecule has 1 aliphatic rings. The SMILES string of the molecule is CN[C@@H](C)C(=O)N[C@H](C(=O)N1CCC[C@H]1C(=O)Cc1cc2c(Nc3ccc4c(=O)cc(C)oc4c3)ncnc2cc1OC)C(C)(C)C.Cl. The summed E-state index contributed by atoms with van der Waals surface area (Å²) in [5, 5.41) is 10.2. The van der Waals surface area contributed by atoms with Gasteiger partial charge < -0.3 is 30.0 Å². The third-order valence-corrected chi connectivity index (χ3v) is 8.65. The van der Waals surface area contributed by atoms with Crippen LogP contribution in [0.5, 0.6) is 5.75 Å². The van der Waals surface area contributed by atoms with Crippen molar-refractivity contribution in [2.24, 2.45) is 5.41 Å². The summed E-state index contributed by atoms with van der Waals surface area (Å²) in [6, 6.07) is 8.36. The minimum Gasteiger partial charge on any atom is -0.496 e. The number of rotatable bonds is 10. The molecule has 2 aromatic heterocycles. The Labute approximate surface area is 285 Å². The van der Waals surface area contributed by atoms with Crippen LogP contribution in [0.25, 0.3) is 21.9 Å². The van der Waals surface area contributed by atoms with E-state index in [9.17, 15) is 19.2 Å². The van der Waals surface area contributed by atoms with Crippen LogP contribution in [0.15, 0.2) is 51.9 Å². The summed E-state index contributed by atoms with van der Waals surface area (Å²) in [7, 11) is 3.22. The first-order chi connectivity index (χ1) is 22.3. The maximum absolute atomic E-state index is 13.9. The van der Waals surface area contributed by atoms with E-state index in [4.69, 9.17) is 9.15 Å². The summed E-state index contributed by atoms with van der Waals surface area (Å²) in [6.45, 7) is 9.58. The Morgan fingerprint density at radius 1 is 1.10 bits per heavy atom. The lowest BCUT2D eigenvalue weighted by Gasteiger charge is -2.36. The zero-order valence-corrected chi connectivity index (χ0v) is 29.1. The standard InChI is InChI=1S/C35H42N6O6.ClH/c1-19-13-27(42)23-11-10-22(16-30(23)47-19)39-32-24-14-21(29(46-7)17-25(24)37-18-38-32)15-28(43)26-9-8-12-41(26)34(45)31(35(3,4)5)40-33(44)20(2)36-6;/h10-11,13-14,16-18,20,26,31,36H,8-9,12,15H2,1-7H3,(H,40,44)(H,37,38,39);1H/t20-,26-,31+;/m0./s1. The van der Waals surface area contributed by atoms with E-state index in [1.54, 1.807) is 50.1 Å². The van der Waals surface area contributed by atoms with Crippen molar-refractivity contribution in [3.63, 3.8) is 0 Å². The van der Waals surface area contributed by atoms with Gasteiger partial charge in [0.15, 0.2) is 11.2 Å². The molecule has 256 valence electrons. The summed E-state index contributed by atoms with van der Waals surface area (Å²) in [5.74, 6) is 0.837. The molecule has 2 aromatic carbocycles. The molecular weight excluding hydrogens is 636 g/mol. The number of amides is 2. The van der Waals surface area contributed by atoms with Gasteiger partial charge in [0, 0.05) is 47.8 Å². The van der Waals surface area contributed by atoms with Gasteiger partial charge in [-0.05, 0) is 57.4 Å². The number of nitrogens with one attached hydrogen (secondary N) is 3. The quantitative estimate of drug-likeness (QED) is 0.219. The lowest BCUT2D eigenvalue weighted by molar-refractivity contribution is -0.143. The molecule has 13 heteroatoms. The van der Waals surface area contributed by atoms with Crippen molar-refractivity contribution in [3.8, 4) is 5.75 Å². The third-order valence-electron chi connectivity index (χ3n) is 8.65. The minimum absolute atomic E-state index is 0. The number of carbonyl (C=O) groups excluding carboxylic acids is 3. The number of hydrogen-bond donors (Lipinski definition) is 3. The second kappa shape index (κ2) is 14.7. The van der Waals surface area contributed by atoms with Crippen molar-refractivity contribution < 1.29 is 23.5 Å². The number of likely N-dealkylation sites (N-methyl/N-ethyl adjacent to an activating group) is 1. The van der Waals surface area contributed by atoms with Crippen LogP contribution >= 0.6 is 12.4 Å². The fraction of sp³-hybridized carbons (Fsp3) is 0.429. The van der Waals surface area contributed by atoms with Crippen molar-refractivity contribution in [2.75, 3.05) is 26.0 Å². The van der Waals surface area contributed by atoms with Gasteiger partial charge in [0.05, 0.1) is 30.1 Å². The van der Waals surface area contributed by atoms with Crippen LogP contribution in [0.3, 0.4) is 0 Å². The van der Waals surface area contributed by atoms with E-state index in [1.807, 2.05) is 26.8 Å². The summed E-state index contributed by atoms with van der Waals surface area (Å²) in [5.41, 5.74) is 1.66. The number of nitrogens with zero attached hydrogens (tertiary/aromatic N) is 3. The van der Waals surface area contributed by atoms with Crippen molar-refractivity contribution in [1.29, 1.82) is 0 Å². The molecule has 0 unspecified atom stereocenters. The van der Waals surface area contributed by atoms with E-state index >= 15 is 0 Å². The largest absolute Gasteiger partial charge is 0.496 e. The smallest absolute Gasteiger partial charge is 0.246 e. The molecular formula is C35H43ClN6O6. The second-order valence-corrected chi connectivity index (χ2v) is 13.1. The van der Waals surface area contributed by atoms with Gasteiger partial charge in [0.25, 0.3) is 0 Å². The first-order valence-electron chi connectivity index (χ1n) is 15.7. The average Bonchev–Trinajstić information content (AvgIpc) is 3.52. The molecule has 1 fully saturated rings. The number of methoxy groups -OCH3 is 1. The summed E-state index contributed by atoms with van der Waals surface area (Å²) < 4.78 is 11.4. The first kappa shape index (κ1) is 36.3. The number of ether oxygens (including phenoxy) is 1. The molecule has 0 aliphatic carbocycles. The van der Waals surface area contributed by atoms with E-state index in [1.165, 1.54) is 19.5 Å². The number of likely N-dealkylation sites (tertiary alicyclic amines) is 1. The van der Waals surface area contributed by atoms with Crippen LogP contribution in [0.1, 0.15) is 51.9 Å². The van der Waals surface area contributed by atoms with Crippen molar-refractivity contribution in [2.45, 2.75) is 72.0 Å². The number of ketones is 1. The molecule has 0 radical (unpaired) electrons. The minimum atomic E-state index is -0.799. The Balaban J connectivity index is 0.00000520.